The minimum absolute atomic E-state index is 0. The number of rotatable bonds is 0. The SMILES string of the molecule is O.O.O.[O-][I+3]([O-])([O-])[O-]. The van der Waals surface area contributed by atoms with Crippen molar-refractivity contribution in [1.82, 2.24) is 0 Å². The van der Waals surface area contributed by atoms with Crippen molar-refractivity contribution >= 4 is 0 Å². The minimum atomic E-state index is -5.94. The number of halogens is 1. The topological polar surface area (TPSA) is 187 Å². The van der Waals surface area contributed by atoms with Gasteiger partial charge >= 0.3 is 0 Å². The van der Waals surface area contributed by atoms with Gasteiger partial charge in [-0.05, 0) is 0 Å². The van der Waals surface area contributed by atoms with E-state index in [0.29, 0.717) is 0 Å². The molecule has 0 unspecified atom stereocenters. The van der Waals surface area contributed by atoms with Crippen LogP contribution in [0.5, 0.6) is 0 Å². The van der Waals surface area contributed by atoms with Gasteiger partial charge < -0.3 is 16.4 Å². The van der Waals surface area contributed by atoms with Crippen LogP contribution in [0.25, 0.3) is 0 Å². The molecule has 8 heteroatoms. The van der Waals surface area contributed by atoms with E-state index >= 15 is 0 Å². The fraction of sp³-hybridized carbons (Fsp3) is 0. The normalized spacial score (nSPS) is 7.50. The van der Waals surface area contributed by atoms with Crippen LogP contribution < -0.4 is 33.8 Å². The van der Waals surface area contributed by atoms with Crippen molar-refractivity contribution in [2.45, 2.75) is 0 Å². The Morgan fingerprint density at radius 2 is 0.625 bits per heavy atom. The van der Waals surface area contributed by atoms with Crippen LogP contribution in [-0.4, -0.2) is 16.4 Å². The lowest BCUT2D eigenvalue weighted by molar-refractivity contribution is -2.00. The van der Waals surface area contributed by atoms with Crippen LogP contribution >= 0.6 is 0 Å². The van der Waals surface area contributed by atoms with Gasteiger partial charge in [-0.3, -0.25) is 13.7 Å². The average molecular weight is 245 g/mol. The molecule has 0 aromatic rings. The molecule has 0 aliphatic carbocycles. The van der Waals surface area contributed by atoms with Gasteiger partial charge in [-0.1, -0.05) is 0 Å². The van der Waals surface area contributed by atoms with Crippen molar-refractivity contribution in [3.63, 3.8) is 0 Å². The molecule has 0 saturated carbocycles. The molecule has 0 aliphatic heterocycles. The van der Waals surface area contributed by atoms with Crippen LogP contribution in [0.3, 0.4) is 0 Å². The van der Waals surface area contributed by atoms with Gasteiger partial charge in [0.25, 0.3) is 0 Å². The lowest BCUT2D eigenvalue weighted by Gasteiger charge is -2.08. The maximum Gasteiger partial charge on any atom is 0.144 e. The Balaban J connectivity index is -0.0000000267. The zero-order valence-electron chi connectivity index (χ0n) is 3.51. The molecule has 0 aromatic carbocycles. The molecule has 0 heterocycles. The Morgan fingerprint density at radius 3 is 0.625 bits per heavy atom. The monoisotopic (exact) mass is 245 g/mol. The van der Waals surface area contributed by atoms with Crippen LogP contribution in [-0.2, 0) is 0 Å². The molecule has 0 aromatic heterocycles. The first kappa shape index (κ1) is 23.7. The molecule has 56 valence electrons. The van der Waals surface area contributed by atoms with Crippen LogP contribution in [0, 0.1) is 0 Å². The predicted octanol–water partition coefficient (Wildman–Crippen LogP) is -10.2. The van der Waals surface area contributed by atoms with Crippen molar-refractivity contribution in [1.29, 1.82) is 0 Å². The largest absolute Gasteiger partial charge is 0.412 e. The molecule has 0 radical (unpaired) electrons. The Hall–Kier alpha value is 0.450. The highest BCUT2D eigenvalue weighted by Crippen LogP contribution is 0.104. The molecular formula is H6IO7-. The van der Waals surface area contributed by atoms with Gasteiger partial charge in [-0.25, -0.2) is 0 Å². The smallest absolute Gasteiger partial charge is 0.144 e. The number of hydrogen-bond acceptors (Lipinski definition) is 4. The van der Waals surface area contributed by atoms with E-state index in [0.717, 1.165) is 0 Å². The van der Waals surface area contributed by atoms with E-state index < -0.39 is 20.1 Å². The van der Waals surface area contributed by atoms with E-state index in [4.69, 9.17) is 13.7 Å². The van der Waals surface area contributed by atoms with E-state index in [2.05, 4.69) is 0 Å². The van der Waals surface area contributed by atoms with Crippen LogP contribution in [0.2, 0.25) is 0 Å². The molecule has 6 N–H and O–H groups in total. The molecule has 0 saturated heterocycles. The van der Waals surface area contributed by atoms with Crippen LogP contribution in [0.15, 0.2) is 0 Å². The molecule has 0 atom stereocenters. The lowest BCUT2D eigenvalue weighted by atomic mass is 16.0. The van der Waals surface area contributed by atoms with E-state index in [1.807, 2.05) is 0 Å². The Morgan fingerprint density at radius 1 is 0.625 bits per heavy atom. The third-order valence-electron chi connectivity index (χ3n) is 0. The van der Waals surface area contributed by atoms with Crippen molar-refractivity contribution in [2.75, 3.05) is 0 Å². The van der Waals surface area contributed by atoms with Gasteiger partial charge in [0.05, 0.1) is 0 Å². The van der Waals surface area contributed by atoms with E-state index in [-0.39, 0.29) is 16.4 Å². The van der Waals surface area contributed by atoms with Gasteiger partial charge in [0.1, 0.15) is 20.1 Å². The highest BCUT2D eigenvalue weighted by atomic mass is 127. The maximum absolute atomic E-state index is 8.62. The lowest BCUT2D eigenvalue weighted by Crippen LogP contribution is -4.29. The Kier molecular flexibility index (Phi) is 22.1. The molecule has 0 rings (SSSR count). The third-order valence-corrected chi connectivity index (χ3v) is 0. The van der Waals surface area contributed by atoms with E-state index in [1.165, 1.54) is 0 Å². The van der Waals surface area contributed by atoms with Gasteiger partial charge in [0.2, 0.25) is 0 Å². The van der Waals surface area contributed by atoms with Crippen molar-refractivity contribution in [3.05, 3.63) is 0 Å². The molecule has 0 amide bonds. The molecule has 7 nitrogen and oxygen atoms in total. The first-order valence-electron chi connectivity index (χ1n) is 0.617. The fourth-order valence-electron chi connectivity index (χ4n) is 0. The Labute approximate surface area is 50.8 Å². The Bertz CT molecular complexity index is 19.9. The second-order valence-corrected chi connectivity index (χ2v) is 2.54. The van der Waals surface area contributed by atoms with Gasteiger partial charge in [0, 0.05) is 0 Å². The summed E-state index contributed by atoms with van der Waals surface area (Å²) in [5, 5.41) is 0. The minimum Gasteiger partial charge on any atom is -0.412 e. The molecule has 8 heavy (non-hydrogen) atoms. The third kappa shape index (κ3) is 946. The first-order valence-corrected chi connectivity index (χ1v) is 4.14. The summed E-state index contributed by atoms with van der Waals surface area (Å²) in [4.78, 5) is 0. The van der Waals surface area contributed by atoms with Crippen LogP contribution in [0.1, 0.15) is 0 Å². The second-order valence-electron chi connectivity index (χ2n) is 0.378. The summed E-state index contributed by atoms with van der Waals surface area (Å²) in [6.07, 6.45) is 0. The zero-order valence-corrected chi connectivity index (χ0v) is 5.67. The highest BCUT2D eigenvalue weighted by Gasteiger charge is 1.94. The van der Waals surface area contributed by atoms with Gasteiger partial charge in [-0.15, -0.1) is 0 Å². The van der Waals surface area contributed by atoms with Gasteiger partial charge in [0.15, 0.2) is 0 Å². The average Bonchev–Trinajstić information content (AvgIpc) is 0.722. The summed E-state index contributed by atoms with van der Waals surface area (Å²) < 4.78 is 34.5. The summed E-state index contributed by atoms with van der Waals surface area (Å²) in [6, 6.07) is 0. The summed E-state index contributed by atoms with van der Waals surface area (Å²) in [5.74, 6) is 0. The second kappa shape index (κ2) is 7.45. The van der Waals surface area contributed by atoms with E-state index in [1.54, 1.807) is 0 Å². The standard InChI is InChI=1S/IO4.3H2O/c2-1(3,4)5;;;/h;3*1H2/q-1;;;. The van der Waals surface area contributed by atoms with E-state index in [9.17, 15) is 0 Å². The summed E-state index contributed by atoms with van der Waals surface area (Å²) in [6.45, 7) is 0. The van der Waals surface area contributed by atoms with Gasteiger partial charge in [-0.2, -0.15) is 0 Å². The van der Waals surface area contributed by atoms with Crippen molar-refractivity contribution in [2.24, 2.45) is 0 Å². The summed E-state index contributed by atoms with van der Waals surface area (Å²) in [5.41, 5.74) is 0. The quantitative estimate of drug-likeness (QED) is 0.383. The highest BCUT2D eigenvalue weighted by molar-refractivity contribution is 2.00. The summed E-state index contributed by atoms with van der Waals surface area (Å²) >= 11 is -5.94. The summed E-state index contributed by atoms with van der Waals surface area (Å²) in [7, 11) is 0. The number of hydrogen-bond donors (Lipinski definition) is 0. The zero-order chi connectivity index (χ0) is 4.50. The molecule has 0 bridgehead atoms. The molecule has 0 aliphatic rings. The predicted molar refractivity (Wildman–Crippen MR) is 10.8 cm³/mol. The molecular weight excluding hydrogens is 239 g/mol. The van der Waals surface area contributed by atoms with Crippen molar-refractivity contribution in [3.8, 4) is 0 Å². The maximum atomic E-state index is 8.62. The fourth-order valence-corrected chi connectivity index (χ4v) is 0. The van der Waals surface area contributed by atoms with Crippen molar-refractivity contribution < 1.29 is 50.3 Å². The first-order chi connectivity index (χ1) is 2.00. The van der Waals surface area contributed by atoms with Crippen LogP contribution in [0.4, 0.5) is 0 Å². The molecule has 0 spiro atoms. The molecule has 0 fully saturated rings.